The minimum Gasteiger partial charge on any atom is -0.422 e. The standard InChI is InChI=1S/C9H14N3O9P/c10-5-1-2-11(9(15)12(5)16)8-7(14)6(13)4(21-8)3-20-22(17,18)19/h1-2,4,6-8,10,13-14,16H,3H2,(H2,17,18,19)/t4-,6-,7-,8-/m1/s1. The molecule has 1 aliphatic rings. The van der Waals surface area contributed by atoms with Crippen LogP contribution in [0.5, 0.6) is 0 Å². The molecule has 13 heteroatoms. The Hall–Kier alpha value is -1.53. The lowest BCUT2D eigenvalue weighted by atomic mass is 10.1. The van der Waals surface area contributed by atoms with Crippen LogP contribution < -0.4 is 11.2 Å². The minimum atomic E-state index is -4.79. The van der Waals surface area contributed by atoms with Crippen LogP contribution in [0.3, 0.4) is 0 Å². The predicted molar refractivity (Wildman–Crippen MR) is 65.7 cm³/mol. The van der Waals surface area contributed by atoms with Gasteiger partial charge < -0.3 is 29.9 Å². The molecular weight excluding hydrogens is 325 g/mol. The summed E-state index contributed by atoms with van der Waals surface area (Å²) >= 11 is 0. The zero-order valence-corrected chi connectivity index (χ0v) is 11.8. The van der Waals surface area contributed by atoms with Gasteiger partial charge in [-0.05, 0) is 0 Å². The molecule has 22 heavy (non-hydrogen) atoms. The lowest BCUT2D eigenvalue weighted by molar-refractivity contribution is -0.0571. The maximum atomic E-state index is 11.8. The van der Waals surface area contributed by atoms with Crippen LogP contribution in [0.25, 0.3) is 0 Å². The van der Waals surface area contributed by atoms with E-state index in [2.05, 4.69) is 4.52 Å². The van der Waals surface area contributed by atoms with Gasteiger partial charge in [0, 0.05) is 12.3 Å². The summed E-state index contributed by atoms with van der Waals surface area (Å²) in [5.41, 5.74) is -1.60. The van der Waals surface area contributed by atoms with Crippen LogP contribution in [-0.4, -0.2) is 59.4 Å². The molecule has 1 fully saturated rings. The van der Waals surface area contributed by atoms with E-state index in [1.54, 1.807) is 0 Å². The molecule has 0 radical (unpaired) electrons. The Morgan fingerprint density at radius 3 is 2.59 bits per heavy atom. The van der Waals surface area contributed by atoms with Gasteiger partial charge in [0.1, 0.15) is 18.3 Å². The zero-order valence-electron chi connectivity index (χ0n) is 10.9. The van der Waals surface area contributed by atoms with Crippen molar-refractivity contribution < 1.29 is 39.0 Å². The minimum absolute atomic E-state index is 0.00192. The Labute approximate surface area is 122 Å². The maximum Gasteiger partial charge on any atom is 0.469 e. The van der Waals surface area contributed by atoms with E-state index < -0.39 is 50.1 Å². The molecule has 1 aliphatic heterocycles. The summed E-state index contributed by atoms with van der Waals surface area (Å²) in [4.78, 5) is 29.0. The van der Waals surface area contributed by atoms with Crippen molar-refractivity contribution >= 4 is 7.82 Å². The average Bonchev–Trinajstić information content (AvgIpc) is 2.70. The molecular formula is C9H14N3O9P. The van der Waals surface area contributed by atoms with Gasteiger partial charge >= 0.3 is 13.5 Å². The second-order valence-corrected chi connectivity index (χ2v) is 5.77. The van der Waals surface area contributed by atoms with E-state index in [0.29, 0.717) is 0 Å². The highest BCUT2D eigenvalue weighted by molar-refractivity contribution is 7.46. The van der Waals surface area contributed by atoms with Crippen LogP contribution in [-0.2, 0) is 13.8 Å². The van der Waals surface area contributed by atoms with Crippen molar-refractivity contribution in [2.45, 2.75) is 24.5 Å². The number of phosphoric acid groups is 1. The Morgan fingerprint density at radius 1 is 1.36 bits per heavy atom. The van der Waals surface area contributed by atoms with Crippen molar-refractivity contribution in [1.29, 1.82) is 5.41 Å². The predicted octanol–water partition coefficient (Wildman–Crippen LogP) is -2.90. The third-order valence-corrected chi connectivity index (χ3v) is 3.53. The first kappa shape index (κ1) is 16.8. The van der Waals surface area contributed by atoms with Crippen LogP contribution in [0.1, 0.15) is 6.23 Å². The van der Waals surface area contributed by atoms with Crippen molar-refractivity contribution in [3.05, 3.63) is 28.2 Å². The van der Waals surface area contributed by atoms with E-state index in [9.17, 15) is 24.8 Å². The van der Waals surface area contributed by atoms with Crippen molar-refractivity contribution in [3.8, 4) is 0 Å². The number of nitrogens with one attached hydrogen (secondary N) is 1. The summed E-state index contributed by atoms with van der Waals surface area (Å²) in [6.45, 7) is -0.719. The number of aromatic nitrogens is 2. The van der Waals surface area contributed by atoms with Crippen LogP contribution in [0.4, 0.5) is 0 Å². The smallest absolute Gasteiger partial charge is 0.422 e. The van der Waals surface area contributed by atoms with Crippen molar-refractivity contribution in [2.24, 2.45) is 0 Å². The number of phosphoric ester groups is 1. The average molecular weight is 339 g/mol. The summed E-state index contributed by atoms with van der Waals surface area (Å²) in [5.74, 6) is 0. The molecule has 2 heterocycles. The largest absolute Gasteiger partial charge is 0.469 e. The first-order valence-electron chi connectivity index (χ1n) is 5.91. The van der Waals surface area contributed by atoms with E-state index in [1.807, 2.05) is 0 Å². The van der Waals surface area contributed by atoms with E-state index >= 15 is 0 Å². The Morgan fingerprint density at radius 2 is 2.00 bits per heavy atom. The highest BCUT2D eigenvalue weighted by atomic mass is 31.2. The second kappa shape index (κ2) is 5.93. The highest BCUT2D eigenvalue weighted by Gasteiger charge is 2.45. The molecule has 0 amide bonds. The molecule has 0 spiro atoms. The number of rotatable bonds is 4. The first-order chi connectivity index (χ1) is 10.1. The molecule has 0 saturated carbocycles. The lowest BCUT2D eigenvalue weighted by Gasteiger charge is -2.17. The SMILES string of the molecule is N=c1ccn([C@@H]2O[C@H](COP(=O)(O)O)[C@@H](O)[C@H]2O)c(=O)n1O. The van der Waals surface area contributed by atoms with Crippen LogP contribution >= 0.6 is 7.82 Å². The number of hydrogen-bond acceptors (Lipinski definition) is 8. The fourth-order valence-electron chi connectivity index (χ4n) is 1.96. The van der Waals surface area contributed by atoms with Gasteiger partial charge in [-0.2, -0.15) is 0 Å². The van der Waals surface area contributed by atoms with Crippen LogP contribution in [0.2, 0.25) is 0 Å². The summed E-state index contributed by atoms with van der Waals surface area (Å²) in [6.07, 6.45) is -4.86. The first-order valence-corrected chi connectivity index (χ1v) is 7.44. The molecule has 2 rings (SSSR count). The Balaban J connectivity index is 2.24. The van der Waals surface area contributed by atoms with E-state index in [-0.39, 0.29) is 4.73 Å². The molecule has 0 aromatic carbocycles. The fraction of sp³-hybridized carbons (Fsp3) is 0.556. The van der Waals surface area contributed by atoms with E-state index in [4.69, 9.17) is 19.9 Å². The van der Waals surface area contributed by atoms with Gasteiger partial charge in [-0.3, -0.25) is 14.5 Å². The van der Waals surface area contributed by atoms with Crippen LogP contribution in [0.15, 0.2) is 17.1 Å². The number of aliphatic hydroxyl groups is 2. The quantitative estimate of drug-likeness (QED) is 0.247. The summed E-state index contributed by atoms with van der Waals surface area (Å²) in [7, 11) is -4.79. The Kier molecular flexibility index (Phi) is 4.54. The molecule has 0 unspecified atom stereocenters. The Bertz CT molecular complexity index is 709. The third kappa shape index (κ3) is 3.28. The molecule has 0 aliphatic carbocycles. The van der Waals surface area contributed by atoms with E-state index in [0.717, 1.165) is 16.8 Å². The normalized spacial score (nSPS) is 28.9. The number of hydrogen-bond donors (Lipinski definition) is 6. The van der Waals surface area contributed by atoms with Gasteiger partial charge in [-0.25, -0.2) is 9.36 Å². The topological polar surface area (TPSA) is 187 Å². The summed E-state index contributed by atoms with van der Waals surface area (Å²) in [5, 5.41) is 36.2. The van der Waals surface area contributed by atoms with Crippen molar-refractivity contribution in [3.63, 3.8) is 0 Å². The number of nitrogens with zero attached hydrogens (tertiary/aromatic N) is 2. The van der Waals surface area contributed by atoms with Gasteiger partial charge in [0.15, 0.2) is 11.7 Å². The molecule has 6 N–H and O–H groups in total. The van der Waals surface area contributed by atoms with Gasteiger partial charge in [0.25, 0.3) is 0 Å². The summed E-state index contributed by atoms with van der Waals surface area (Å²) < 4.78 is 20.7. The molecule has 1 aromatic rings. The number of ether oxygens (including phenoxy) is 1. The van der Waals surface area contributed by atoms with Gasteiger partial charge in [0.2, 0.25) is 0 Å². The molecule has 124 valence electrons. The van der Waals surface area contributed by atoms with Gasteiger partial charge in [0.05, 0.1) is 6.61 Å². The van der Waals surface area contributed by atoms with Gasteiger partial charge in [-0.15, -0.1) is 4.73 Å². The maximum absolute atomic E-state index is 11.8. The van der Waals surface area contributed by atoms with E-state index in [1.165, 1.54) is 0 Å². The number of aliphatic hydroxyl groups excluding tert-OH is 2. The zero-order chi connectivity index (χ0) is 16.7. The van der Waals surface area contributed by atoms with Crippen molar-refractivity contribution in [1.82, 2.24) is 9.30 Å². The second-order valence-electron chi connectivity index (χ2n) is 4.54. The fourth-order valence-corrected chi connectivity index (χ4v) is 2.30. The van der Waals surface area contributed by atoms with Crippen molar-refractivity contribution in [2.75, 3.05) is 6.61 Å². The molecule has 1 aromatic heterocycles. The van der Waals surface area contributed by atoms with Gasteiger partial charge in [-0.1, -0.05) is 0 Å². The highest BCUT2D eigenvalue weighted by Crippen LogP contribution is 2.38. The molecule has 4 atom stereocenters. The molecule has 12 nitrogen and oxygen atoms in total. The lowest BCUT2D eigenvalue weighted by Crippen LogP contribution is -2.42. The third-order valence-electron chi connectivity index (χ3n) is 3.04. The molecule has 0 bridgehead atoms. The van der Waals surface area contributed by atoms with Crippen LogP contribution in [0, 0.1) is 5.41 Å². The monoisotopic (exact) mass is 339 g/mol. The molecule has 1 saturated heterocycles. The summed E-state index contributed by atoms with van der Waals surface area (Å²) in [6, 6.07) is 1.04.